The first kappa shape index (κ1) is 24.5. The molecule has 8 nitrogen and oxygen atoms in total. The summed E-state index contributed by atoms with van der Waals surface area (Å²) in [5, 5.41) is 24.0. The number of hydrogen-bond donors (Lipinski definition) is 4. The standard InChI is InChI=1S/C18H36N2O6/c1-17(2,3)25-15(23)19-13(11-21)9-7-8-10-14(12-22)20-16(24)26-18(4,5)6/h13-14,21-22H,7-12H2,1-6H3,(H,19,23)(H,20,24)/t13-,14-/m1/s1. The molecular formula is C18H36N2O6. The average molecular weight is 376 g/mol. The number of ether oxygens (including phenoxy) is 2. The topological polar surface area (TPSA) is 117 Å². The normalized spacial score (nSPS) is 14.3. The van der Waals surface area contributed by atoms with Gasteiger partial charge in [-0.1, -0.05) is 12.8 Å². The lowest BCUT2D eigenvalue weighted by Crippen LogP contribution is -2.41. The van der Waals surface area contributed by atoms with Crippen molar-refractivity contribution in [3.8, 4) is 0 Å². The number of alkyl carbamates (subject to hydrolysis) is 2. The molecular weight excluding hydrogens is 340 g/mol. The average Bonchev–Trinajstić information content (AvgIpc) is 2.45. The Bertz CT molecular complexity index is 388. The number of unbranched alkanes of at least 4 members (excludes halogenated alkanes) is 1. The highest BCUT2D eigenvalue weighted by atomic mass is 16.6. The molecule has 0 saturated carbocycles. The summed E-state index contributed by atoms with van der Waals surface area (Å²) in [6.45, 7) is 10.3. The van der Waals surface area contributed by atoms with E-state index < -0.39 is 35.5 Å². The van der Waals surface area contributed by atoms with Gasteiger partial charge in [-0.15, -0.1) is 0 Å². The molecule has 0 radical (unpaired) electrons. The molecule has 0 aromatic carbocycles. The van der Waals surface area contributed by atoms with E-state index in [9.17, 15) is 19.8 Å². The molecule has 0 aromatic heterocycles. The highest BCUT2D eigenvalue weighted by molar-refractivity contribution is 5.68. The number of aliphatic hydroxyl groups excluding tert-OH is 2. The highest BCUT2D eigenvalue weighted by Gasteiger charge is 2.20. The molecule has 0 fully saturated rings. The van der Waals surface area contributed by atoms with Crippen molar-refractivity contribution in [2.24, 2.45) is 0 Å². The molecule has 0 unspecified atom stereocenters. The molecule has 154 valence electrons. The lowest BCUT2D eigenvalue weighted by Gasteiger charge is -2.23. The number of amides is 2. The van der Waals surface area contributed by atoms with Gasteiger partial charge in [0, 0.05) is 0 Å². The van der Waals surface area contributed by atoms with Crippen LogP contribution in [0.3, 0.4) is 0 Å². The van der Waals surface area contributed by atoms with Crippen molar-refractivity contribution in [1.82, 2.24) is 10.6 Å². The van der Waals surface area contributed by atoms with Crippen LogP contribution in [0, 0.1) is 0 Å². The van der Waals surface area contributed by atoms with Crippen molar-refractivity contribution in [3.05, 3.63) is 0 Å². The van der Waals surface area contributed by atoms with Gasteiger partial charge in [0.1, 0.15) is 11.2 Å². The largest absolute Gasteiger partial charge is 0.444 e. The highest BCUT2D eigenvalue weighted by Crippen LogP contribution is 2.11. The Labute approximate surface area is 156 Å². The molecule has 0 rings (SSSR count). The van der Waals surface area contributed by atoms with E-state index in [0.29, 0.717) is 25.7 Å². The Balaban J connectivity index is 4.15. The molecule has 0 aliphatic carbocycles. The number of hydrogen-bond acceptors (Lipinski definition) is 6. The maximum atomic E-state index is 11.7. The van der Waals surface area contributed by atoms with Gasteiger partial charge in [-0.05, 0) is 54.4 Å². The van der Waals surface area contributed by atoms with E-state index in [1.807, 2.05) is 0 Å². The van der Waals surface area contributed by atoms with Gasteiger partial charge in [0.15, 0.2) is 0 Å². The number of carbonyl (C=O) groups excluding carboxylic acids is 2. The van der Waals surface area contributed by atoms with Gasteiger partial charge in [-0.2, -0.15) is 0 Å². The molecule has 0 aromatic rings. The van der Waals surface area contributed by atoms with Crippen LogP contribution in [0.2, 0.25) is 0 Å². The predicted molar refractivity (Wildman–Crippen MR) is 99.0 cm³/mol. The second-order valence-electron chi connectivity index (χ2n) is 8.34. The quantitative estimate of drug-likeness (QED) is 0.459. The molecule has 0 aliphatic rings. The summed E-state index contributed by atoms with van der Waals surface area (Å²) in [7, 11) is 0. The summed E-state index contributed by atoms with van der Waals surface area (Å²) in [6.07, 6.45) is 1.45. The number of carbonyl (C=O) groups is 2. The van der Waals surface area contributed by atoms with Gasteiger partial charge < -0.3 is 30.3 Å². The van der Waals surface area contributed by atoms with Gasteiger partial charge in [0.2, 0.25) is 0 Å². The summed E-state index contributed by atoms with van der Waals surface area (Å²) in [5.74, 6) is 0. The van der Waals surface area contributed by atoms with Crippen molar-refractivity contribution in [2.75, 3.05) is 13.2 Å². The maximum absolute atomic E-state index is 11.7. The van der Waals surface area contributed by atoms with E-state index in [1.165, 1.54) is 0 Å². The Morgan fingerprint density at radius 3 is 1.31 bits per heavy atom. The van der Waals surface area contributed by atoms with Crippen LogP contribution in [0.4, 0.5) is 9.59 Å². The van der Waals surface area contributed by atoms with Crippen molar-refractivity contribution in [2.45, 2.75) is 90.5 Å². The Kier molecular flexibility index (Phi) is 10.6. The monoisotopic (exact) mass is 376 g/mol. The second-order valence-corrected chi connectivity index (χ2v) is 8.34. The minimum absolute atomic E-state index is 0.182. The van der Waals surface area contributed by atoms with E-state index in [-0.39, 0.29) is 13.2 Å². The van der Waals surface area contributed by atoms with Crippen LogP contribution < -0.4 is 10.6 Å². The molecule has 4 N–H and O–H groups in total. The molecule has 2 amide bonds. The van der Waals surface area contributed by atoms with Gasteiger partial charge in [0.25, 0.3) is 0 Å². The Morgan fingerprint density at radius 2 is 1.08 bits per heavy atom. The van der Waals surface area contributed by atoms with Gasteiger partial charge in [-0.25, -0.2) is 9.59 Å². The molecule has 2 atom stereocenters. The van der Waals surface area contributed by atoms with Gasteiger partial charge >= 0.3 is 12.2 Å². The molecule has 0 aliphatic heterocycles. The smallest absolute Gasteiger partial charge is 0.407 e. The summed E-state index contributed by atoms with van der Waals surface area (Å²) in [4.78, 5) is 23.4. The Hall–Kier alpha value is -1.54. The van der Waals surface area contributed by atoms with Crippen LogP contribution in [-0.2, 0) is 9.47 Å². The second kappa shape index (κ2) is 11.2. The molecule has 0 saturated heterocycles. The predicted octanol–water partition coefficient (Wildman–Crippen LogP) is 2.32. The first-order valence-electron chi connectivity index (χ1n) is 9.07. The fraction of sp³-hybridized carbons (Fsp3) is 0.889. The van der Waals surface area contributed by atoms with Crippen LogP contribution >= 0.6 is 0 Å². The fourth-order valence-corrected chi connectivity index (χ4v) is 2.15. The number of nitrogens with one attached hydrogen (secondary N) is 2. The lowest BCUT2D eigenvalue weighted by atomic mass is 10.1. The van der Waals surface area contributed by atoms with E-state index in [0.717, 1.165) is 0 Å². The third-order valence-corrected chi connectivity index (χ3v) is 3.24. The van der Waals surface area contributed by atoms with Gasteiger partial charge in [-0.3, -0.25) is 0 Å². The SMILES string of the molecule is CC(C)(C)OC(=O)N[C@@H](CO)CCCC[C@H](CO)NC(=O)OC(C)(C)C. The minimum Gasteiger partial charge on any atom is -0.444 e. The Morgan fingerprint density at radius 1 is 0.769 bits per heavy atom. The van der Waals surface area contributed by atoms with E-state index in [2.05, 4.69) is 10.6 Å². The molecule has 26 heavy (non-hydrogen) atoms. The zero-order valence-electron chi connectivity index (χ0n) is 16.9. The number of rotatable bonds is 9. The van der Waals surface area contributed by atoms with Gasteiger partial charge in [0.05, 0.1) is 25.3 Å². The lowest BCUT2D eigenvalue weighted by molar-refractivity contribution is 0.0461. The van der Waals surface area contributed by atoms with Crippen LogP contribution in [-0.4, -0.2) is 58.9 Å². The first-order chi connectivity index (χ1) is 11.9. The molecule has 0 spiro atoms. The van der Waals surface area contributed by atoms with Crippen molar-refractivity contribution >= 4 is 12.2 Å². The van der Waals surface area contributed by atoms with E-state index >= 15 is 0 Å². The maximum Gasteiger partial charge on any atom is 0.407 e. The van der Waals surface area contributed by atoms with Crippen molar-refractivity contribution in [3.63, 3.8) is 0 Å². The van der Waals surface area contributed by atoms with E-state index in [4.69, 9.17) is 9.47 Å². The van der Waals surface area contributed by atoms with E-state index in [1.54, 1.807) is 41.5 Å². The first-order valence-corrected chi connectivity index (χ1v) is 9.07. The van der Waals surface area contributed by atoms with Crippen LogP contribution in [0.5, 0.6) is 0 Å². The van der Waals surface area contributed by atoms with Crippen LogP contribution in [0.1, 0.15) is 67.2 Å². The third kappa shape index (κ3) is 13.7. The zero-order chi connectivity index (χ0) is 20.4. The molecule has 0 heterocycles. The minimum atomic E-state index is -0.591. The zero-order valence-corrected chi connectivity index (χ0v) is 16.9. The summed E-state index contributed by atoms with van der Waals surface area (Å²) in [6, 6.07) is -0.785. The summed E-state index contributed by atoms with van der Waals surface area (Å²) in [5.41, 5.74) is -1.18. The summed E-state index contributed by atoms with van der Waals surface area (Å²) < 4.78 is 10.3. The van der Waals surface area contributed by atoms with Crippen molar-refractivity contribution < 1.29 is 29.3 Å². The molecule has 0 bridgehead atoms. The van der Waals surface area contributed by atoms with Crippen molar-refractivity contribution in [1.29, 1.82) is 0 Å². The van der Waals surface area contributed by atoms with Crippen LogP contribution in [0.25, 0.3) is 0 Å². The number of aliphatic hydroxyl groups is 2. The third-order valence-electron chi connectivity index (χ3n) is 3.24. The fourth-order valence-electron chi connectivity index (χ4n) is 2.15. The summed E-state index contributed by atoms with van der Waals surface area (Å²) >= 11 is 0. The molecule has 8 heteroatoms. The van der Waals surface area contributed by atoms with Crippen LogP contribution in [0.15, 0.2) is 0 Å².